The lowest BCUT2D eigenvalue weighted by molar-refractivity contribution is 0.0734. The van der Waals surface area contributed by atoms with Crippen molar-refractivity contribution in [1.29, 1.82) is 0 Å². The number of carbonyl (C=O) groups excluding carboxylic acids is 1. The Morgan fingerprint density at radius 1 is 1.14 bits per heavy atom. The molecule has 1 heterocycles. The number of ether oxygens (including phenoxy) is 2. The van der Waals surface area contributed by atoms with E-state index < -0.39 is 5.97 Å². The maximum Gasteiger partial charge on any atom is 0.343 e. The van der Waals surface area contributed by atoms with Gasteiger partial charge < -0.3 is 14.0 Å². The van der Waals surface area contributed by atoms with Crippen molar-refractivity contribution in [3.8, 4) is 11.5 Å². The van der Waals surface area contributed by atoms with Crippen LogP contribution in [-0.2, 0) is 7.05 Å². The quantitative estimate of drug-likeness (QED) is 0.626. The summed E-state index contributed by atoms with van der Waals surface area (Å²) in [5.41, 5.74) is -0.0304. The Kier molecular flexibility index (Phi) is 4.77. The van der Waals surface area contributed by atoms with Gasteiger partial charge in [-0.2, -0.15) is 0 Å². The van der Waals surface area contributed by atoms with E-state index in [-0.39, 0.29) is 11.1 Å². The van der Waals surface area contributed by atoms with Crippen LogP contribution in [0.5, 0.6) is 11.5 Å². The molecule has 0 saturated heterocycles. The minimum Gasteiger partial charge on any atom is -0.494 e. The second kappa shape index (κ2) is 6.74. The maximum absolute atomic E-state index is 11.9. The molecule has 0 unspecified atom stereocenters. The largest absolute Gasteiger partial charge is 0.494 e. The van der Waals surface area contributed by atoms with Gasteiger partial charge in [0.2, 0.25) is 0 Å². The minimum absolute atomic E-state index is 0.226. The van der Waals surface area contributed by atoms with Crippen molar-refractivity contribution in [2.24, 2.45) is 7.05 Å². The summed E-state index contributed by atoms with van der Waals surface area (Å²) in [6.07, 6.45) is 2.46. The summed E-state index contributed by atoms with van der Waals surface area (Å²) in [5, 5.41) is 0. The number of benzene rings is 1. The van der Waals surface area contributed by atoms with E-state index in [1.54, 1.807) is 37.4 Å². The molecule has 0 aliphatic rings. The van der Waals surface area contributed by atoms with Crippen molar-refractivity contribution in [2.75, 3.05) is 6.61 Å². The van der Waals surface area contributed by atoms with Crippen LogP contribution in [0, 0.1) is 0 Å². The monoisotopic (exact) mass is 287 g/mol. The number of hydrogen-bond acceptors (Lipinski definition) is 4. The zero-order valence-electron chi connectivity index (χ0n) is 12.0. The third-order valence-corrected chi connectivity index (χ3v) is 2.85. The van der Waals surface area contributed by atoms with Crippen molar-refractivity contribution >= 4 is 5.97 Å². The molecule has 0 fully saturated rings. The summed E-state index contributed by atoms with van der Waals surface area (Å²) in [6, 6.07) is 9.59. The molecule has 5 heteroatoms. The summed E-state index contributed by atoms with van der Waals surface area (Å²) in [6.45, 7) is 2.67. The maximum atomic E-state index is 11.9. The lowest BCUT2D eigenvalue weighted by atomic mass is 10.2. The molecule has 0 N–H and O–H groups in total. The van der Waals surface area contributed by atoms with Gasteiger partial charge in [0.05, 0.1) is 12.2 Å². The fraction of sp³-hybridized carbons (Fsp3) is 0.250. The number of pyridine rings is 1. The molecule has 0 aliphatic heterocycles. The standard InChI is InChI=1S/C16H17NO4/c1-3-10-20-13-4-6-14(7-5-13)21-16(19)12-8-9-17(2)15(18)11-12/h4-9,11H,3,10H2,1-2H3. The first kappa shape index (κ1) is 14.8. The highest BCUT2D eigenvalue weighted by Crippen LogP contribution is 2.18. The van der Waals surface area contributed by atoms with Gasteiger partial charge in [-0.05, 0) is 36.8 Å². The molecule has 1 aromatic carbocycles. The van der Waals surface area contributed by atoms with Gasteiger partial charge in [0.15, 0.2) is 0 Å². The summed E-state index contributed by atoms with van der Waals surface area (Å²) >= 11 is 0. The Morgan fingerprint density at radius 2 is 1.81 bits per heavy atom. The van der Waals surface area contributed by atoms with Crippen molar-refractivity contribution in [3.05, 3.63) is 58.5 Å². The molecule has 0 saturated carbocycles. The zero-order valence-corrected chi connectivity index (χ0v) is 12.0. The number of rotatable bonds is 5. The fourth-order valence-electron chi connectivity index (χ4n) is 1.67. The van der Waals surface area contributed by atoms with Crippen LogP contribution in [0.1, 0.15) is 23.7 Å². The van der Waals surface area contributed by atoms with Gasteiger partial charge in [0.25, 0.3) is 5.56 Å². The summed E-state index contributed by atoms with van der Waals surface area (Å²) in [7, 11) is 1.62. The van der Waals surface area contributed by atoms with Crippen LogP contribution in [0.3, 0.4) is 0 Å². The van der Waals surface area contributed by atoms with Crippen LogP contribution in [0.25, 0.3) is 0 Å². The number of carbonyl (C=O) groups is 1. The van der Waals surface area contributed by atoms with Gasteiger partial charge in [0.1, 0.15) is 11.5 Å². The highest BCUT2D eigenvalue weighted by atomic mass is 16.5. The smallest absolute Gasteiger partial charge is 0.343 e. The first-order valence-electron chi connectivity index (χ1n) is 6.72. The van der Waals surface area contributed by atoms with Crippen LogP contribution >= 0.6 is 0 Å². The first-order valence-corrected chi connectivity index (χ1v) is 6.72. The van der Waals surface area contributed by atoms with Crippen LogP contribution in [0.4, 0.5) is 0 Å². The molecule has 5 nitrogen and oxygen atoms in total. The molecule has 0 atom stereocenters. The number of esters is 1. The van der Waals surface area contributed by atoms with Gasteiger partial charge in [0, 0.05) is 19.3 Å². The van der Waals surface area contributed by atoms with Crippen molar-refractivity contribution in [3.63, 3.8) is 0 Å². The topological polar surface area (TPSA) is 57.5 Å². The summed E-state index contributed by atoms with van der Waals surface area (Å²) < 4.78 is 12.0. The van der Waals surface area contributed by atoms with E-state index in [0.29, 0.717) is 12.4 Å². The lowest BCUT2D eigenvalue weighted by Crippen LogP contribution is -2.18. The number of nitrogens with zero attached hydrogens (tertiary/aromatic N) is 1. The second-order valence-corrected chi connectivity index (χ2v) is 4.57. The van der Waals surface area contributed by atoms with Gasteiger partial charge in [-0.1, -0.05) is 6.92 Å². The molecule has 0 aliphatic carbocycles. The second-order valence-electron chi connectivity index (χ2n) is 4.57. The first-order chi connectivity index (χ1) is 10.1. The molecule has 0 spiro atoms. The van der Waals surface area contributed by atoms with E-state index >= 15 is 0 Å². The molecule has 2 rings (SSSR count). The van der Waals surface area contributed by atoms with Gasteiger partial charge in [-0.15, -0.1) is 0 Å². The van der Waals surface area contributed by atoms with Crippen molar-refractivity contribution in [1.82, 2.24) is 4.57 Å². The van der Waals surface area contributed by atoms with E-state index in [4.69, 9.17) is 9.47 Å². The highest BCUT2D eigenvalue weighted by molar-refractivity contribution is 5.90. The lowest BCUT2D eigenvalue weighted by Gasteiger charge is -2.07. The molecular weight excluding hydrogens is 270 g/mol. The average molecular weight is 287 g/mol. The third-order valence-electron chi connectivity index (χ3n) is 2.85. The number of aryl methyl sites for hydroxylation is 1. The van der Waals surface area contributed by atoms with Crippen LogP contribution < -0.4 is 15.0 Å². The fourth-order valence-corrected chi connectivity index (χ4v) is 1.67. The van der Waals surface area contributed by atoms with E-state index in [9.17, 15) is 9.59 Å². The summed E-state index contributed by atoms with van der Waals surface area (Å²) in [4.78, 5) is 23.4. The average Bonchev–Trinajstić information content (AvgIpc) is 2.49. The molecule has 1 aromatic heterocycles. The molecule has 0 amide bonds. The van der Waals surface area contributed by atoms with E-state index in [1.807, 2.05) is 6.92 Å². The predicted molar refractivity (Wildman–Crippen MR) is 78.9 cm³/mol. The Morgan fingerprint density at radius 3 is 2.43 bits per heavy atom. The Bertz CT molecular complexity index is 673. The van der Waals surface area contributed by atoms with E-state index in [2.05, 4.69) is 0 Å². The molecule has 110 valence electrons. The molecule has 21 heavy (non-hydrogen) atoms. The van der Waals surface area contributed by atoms with Crippen LogP contribution in [0.15, 0.2) is 47.4 Å². The normalized spacial score (nSPS) is 10.2. The van der Waals surface area contributed by atoms with E-state index in [0.717, 1.165) is 12.2 Å². The number of aromatic nitrogens is 1. The Labute approximate surface area is 122 Å². The minimum atomic E-state index is -0.560. The van der Waals surface area contributed by atoms with E-state index in [1.165, 1.54) is 16.8 Å². The van der Waals surface area contributed by atoms with Crippen LogP contribution in [-0.4, -0.2) is 17.1 Å². The molecule has 2 aromatic rings. The van der Waals surface area contributed by atoms with Crippen molar-refractivity contribution < 1.29 is 14.3 Å². The highest BCUT2D eigenvalue weighted by Gasteiger charge is 2.09. The number of hydrogen-bond donors (Lipinski definition) is 0. The van der Waals surface area contributed by atoms with Gasteiger partial charge in [-0.3, -0.25) is 4.79 Å². The van der Waals surface area contributed by atoms with Crippen molar-refractivity contribution in [2.45, 2.75) is 13.3 Å². The summed E-state index contributed by atoms with van der Waals surface area (Å²) in [5.74, 6) is 0.574. The SMILES string of the molecule is CCCOc1ccc(OC(=O)c2ccn(C)c(=O)c2)cc1. The molecular formula is C16H17NO4. The zero-order chi connectivity index (χ0) is 15.2. The van der Waals surface area contributed by atoms with Crippen LogP contribution in [0.2, 0.25) is 0 Å². The predicted octanol–water partition coefficient (Wildman–Crippen LogP) is 2.39. The van der Waals surface area contributed by atoms with Gasteiger partial charge >= 0.3 is 5.97 Å². The third kappa shape index (κ3) is 3.95. The molecule has 0 radical (unpaired) electrons. The Hall–Kier alpha value is -2.56. The Balaban J connectivity index is 2.05. The molecule has 0 bridgehead atoms. The van der Waals surface area contributed by atoms with Gasteiger partial charge in [-0.25, -0.2) is 4.79 Å².